The minimum Gasteiger partial charge on any atom is -0.328 e. The normalized spacial score (nSPS) is 20.6. The summed E-state index contributed by atoms with van der Waals surface area (Å²) < 4.78 is 0. The van der Waals surface area contributed by atoms with Gasteiger partial charge in [0.15, 0.2) is 0 Å². The molecule has 1 saturated carbocycles. The van der Waals surface area contributed by atoms with Gasteiger partial charge in [0.1, 0.15) is 0 Å². The number of hydrogen-bond acceptors (Lipinski definition) is 2. The van der Waals surface area contributed by atoms with E-state index in [-0.39, 0.29) is 6.04 Å². The number of aromatic amines is 1. The Morgan fingerprint density at radius 2 is 2.06 bits per heavy atom. The van der Waals surface area contributed by atoms with E-state index in [9.17, 15) is 0 Å². The number of nitrogens with zero attached hydrogens (tertiary/aromatic N) is 1. The second-order valence-corrected chi connectivity index (χ2v) is 5.17. The Kier molecular flexibility index (Phi) is 3.99. The van der Waals surface area contributed by atoms with Crippen LogP contribution in [0, 0.1) is 0 Å². The van der Waals surface area contributed by atoms with Crippen LogP contribution in [-0.4, -0.2) is 16.2 Å². The lowest BCUT2D eigenvalue weighted by Gasteiger charge is -2.15. The summed E-state index contributed by atoms with van der Waals surface area (Å²) in [6.45, 7) is 2.05. The lowest BCUT2D eigenvalue weighted by molar-refractivity contribution is 0.582. The van der Waals surface area contributed by atoms with Crippen LogP contribution in [0.4, 0.5) is 0 Å². The number of nitrogens with two attached hydrogens (primary N) is 1. The van der Waals surface area contributed by atoms with Crippen molar-refractivity contribution in [3.8, 4) is 0 Å². The Morgan fingerprint density at radius 1 is 1.38 bits per heavy atom. The first-order valence-electron chi connectivity index (χ1n) is 6.55. The number of aromatic nitrogens is 2. The van der Waals surface area contributed by atoms with Crippen LogP contribution in [0.15, 0.2) is 6.20 Å². The fourth-order valence-electron chi connectivity index (χ4n) is 2.75. The fraction of sp³-hybridized carbons (Fsp3) is 0.769. The molecule has 1 heterocycles. The largest absolute Gasteiger partial charge is 0.328 e. The van der Waals surface area contributed by atoms with Gasteiger partial charge in [-0.15, -0.1) is 0 Å². The van der Waals surface area contributed by atoms with Crippen molar-refractivity contribution in [1.82, 2.24) is 10.2 Å². The number of nitrogens with one attached hydrogen (secondary N) is 1. The maximum absolute atomic E-state index is 5.87. The van der Waals surface area contributed by atoms with E-state index in [4.69, 9.17) is 5.73 Å². The summed E-state index contributed by atoms with van der Waals surface area (Å²) in [5.74, 6) is 0.718. The van der Waals surface area contributed by atoms with E-state index in [1.807, 2.05) is 6.20 Å². The first kappa shape index (κ1) is 11.6. The molecule has 3 N–H and O–H groups in total. The van der Waals surface area contributed by atoms with Crippen molar-refractivity contribution in [3.05, 3.63) is 17.5 Å². The van der Waals surface area contributed by atoms with Crippen LogP contribution in [0.1, 0.15) is 62.6 Å². The monoisotopic (exact) mass is 221 g/mol. The molecule has 0 aromatic carbocycles. The summed E-state index contributed by atoms with van der Waals surface area (Å²) in [6.07, 6.45) is 11.1. The van der Waals surface area contributed by atoms with Gasteiger partial charge in [0.2, 0.25) is 0 Å². The van der Waals surface area contributed by atoms with Crippen LogP contribution in [-0.2, 0) is 6.42 Å². The average Bonchev–Trinajstić information content (AvgIpc) is 2.53. The third-order valence-electron chi connectivity index (χ3n) is 3.57. The van der Waals surface area contributed by atoms with Crippen LogP contribution < -0.4 is 5.73 Å². The zero-order chi connectivity index (χ0) is 11.4. The highest BCUT2D eigenvalue weighted by molar-refractivity contribution is 5.22. The highest BCUT2D eigenvalue weighted by Gasteiger charge is 2.19. The zero-order valence-corrected chi connectivity index (χ0v) is 10.2. The predicted molar refractivity (Wildman–Crippen MR) is 66.4 cm³/mol. The lowest BCUT2D eigenvalue weighted by atomic mass is 9.91. The standard InChI is InChI=1S/C13H23N3/c1-10(14)8-13-12(9-15-16-13)11-6-4-2-3-5-7-11/h9-11H,2-8,14H2,1H3,(H,15,16). The summed E-state index contributed by atoms with van der Waals surface area (Å²) >= 11 is 0. The molecule has 0 bridgehead atoms. The molecule has 2 rings (SSSR count). The van der Waals surface area contributed by atoms with Crippen molar-refractivity contribution in [2.24, 2.45) is 5.73 Å². The van der Waals surface area contributed by atoms with Crippen molar-refractivity contribution >= 4 is 0 Å². The van der Waals surface area contributed by atoms with Crippen LogP contribution in [0.2, 0.25) is 0 Å². The van der Waals surface area contributed by atoms with E-state index in [0.717, 1.165) is 12.3 Å². The van der Waals surface area contributed by atoms with Gasteiger partial charge < -0.3 is 5.73 Å². The molecule has 3 nitrogen and oxygen atoms in total. The molecule has 1 aromatic heterocycles. The Hall–Kier alpha value is -0.830. The van der Waals surface area contributed by atoms with E-state index < -0.39 is 0 Å². The Labute approximate surface area is 97.8 Å². The van der Waals surface area contributed by atoms with Gasteiger partial charge in [-0.05, 0) is 31.2 Å². The molecule has 1 unspecified atom stereocenters. The van der Waals surface area contributed by atoms with Gasteiger partial charge in [-0.1, -0.05) is 25.7 Å². The van der Waals surface area contributed by atoms with Crippen molar-refractivity contribution in [3.63, 3.8) is 0 Å². The second-order valence-electron chi connectivity index (χ2n) is 5.17. The quantitative estimate of drug-likeness (QED) is 0.771. The third kappa shape index (κ3) is 2.85. The van der Waals surface area contributed by atoms with Gasteiger partial charge in [-0.3, -0.25) is 5.10 Å². The molecule has 0 spiro atoms. The average molecular weight is 221 g/mol. The smallest absolute Gasteiger partial charge is 0.0524 e. The van der Waals surface area contributed by atoms with E-state index in [1.165, 1.54) is 49.8 Å². The van der Waals surface area contributed by atoms with Crippen molar-refractivity contribution < 1.29 is 0 Å². The van der Waals surface area contributed by atoms with E-state index in [1.54, 1.807) is 0 Å². The SMILES string of the molecule is CC(N)Cc1[nH]ncc1C1CCCCCC1. The third-order valence-corrected chi connectivity index (χ3v) is 3.57. The molecule has 1 aromatic rings. The molecule has 1 atom stereocenters. The van der Waals surface area contributed by atoms with Crippen molar-refractivity contribution in [2.45, 2.75) is 63.8 Å². The Bertz CT molecular complexity index is 309. The van der Waals surface area contributed by atoms with E-state index in [2.05, 4.69) is 17.1 Å². The number of rotatable bonds is 3. The Balaban J connectivity index is 2.09. The van der Waals surface area contributed by atoms with Crippen LogP contribution in [0.25, 0.3) is 0 Å². The molecule has 0 amide bonds. The second kappa shape index (κ2) is 5.48. The number of hydrogen-bond donors (Lipinski definition) is 2. The van der Waals surface area contributed by atoms with Gasteiger partial charge in [0.25, 0.3) is 0 Å². The van der Waals surface area contributed by atoms with Crippen molar-refractivity contribution in [1.29, 1.82) is 0 Å². The molecule has 0 aliphatic heterocycles. The van der Waals surface area contributed by atoms with Gasteiger partial charge in [0, 0.05) is 18.2 Å². The van der Waals surface area contributed by atoms with E-state index in [0.29, 0.717) is 0 Å². The first-order valence-corrected chi connectivity index (χ1v) is 6.55. The predicted octanol–water partition coefficient (Wildman–Crippen LogP) is 2.74. The van der Waals surface area contributed by atoms with Gasteiger partial charge in [-0.25, -0.2) is 0 Å². The maximum atomic E-state index is 5.87. The summed E-state index contributed by atoms with van der Waals surface area (Å²) in [6, 6.07) is 0.213. The first-order chi connectivity index (χ1) is 7.77. The van der Waals surface area contributed by atoms with E-state index >= 15 is 0 Å². The van der Waals surface area contributed by atoms with Gasteiger partial charge in [0.05, 0.1) is 6.20 Å². The highest BCUT2D eigenvalue weighted by Crippen LogP contribution is 2.32. The molecule has 16 heavy (non-hydrogen) atoms. The molecular weight excluding hydrogens is 198 g/mol. The summed E-state index contributed by atoms with van der Waals surface area (Å²) in [5, 5.41) is 7.33. The number of H-pyrrole nitrogens is 1. The van der Waals surface area contributed by atoms with Crippen LogP contribution in [0.3, 0.4) is 0 Å². The maximum Gasteiger partial charge on any atom is 0.0524 e. The summed E-state index contributed by atoms with van der Waals surface area (Å²) in [7, 11) is 0. The van der Waals surface area contributed by atoms with Gasteiger partial charge in [-0.2, -0.15) is 5.10 Å². The molecule has 0 saturated heterocycles. The molecule has 1 aliphatic rings. The lowest BCUT2D eigenvalue weighted by Crippen LogP contribution is -2.19. The minimum atomic E-state index is 0.213. The molecule has 1 fully saturated rings. The zero-order valence-electron chi connectivity index (χ0n) is 10.2. The molecule has 0 radical (unpaired) electrons. The van der Waals surface area contributed by atoms with Crippen molar-refractivity contribution in [2.75, 3.05) is 0 Å². The van der Waals surface area contributed by atoms with Crippen LogP contribution >= 0.6 is 0 Å². The minimum absolute atomic E-state index is 0.213. The fourth-order valence-corrected chi connectivity index (χ4v) is 2.75. The molecule has 90 valence electrons. The summed E-state index contributed by atoms with van der Waals surface area (Å²) in [4.78, 5) is 0. The topological polar surface area (TPSA) is 54.7 Å². The van der Waals surface area contributed by atoms with Gasteiger partial charge >= 0.3 is 0 Å². The Morgan fingerprint density at radius 3 is 2.69 bits per heavy atom. The van der Waals surface area contributed by atoms with Crippen LogP contribution in [0.5, 0.6) is 0 Å². The molecular formula is C13H23N3. The highest BCUT2D eigenvalue weighted by atomic mass is 15.1. The summed E-state index contributed by atoms with van der Waals surface area (Å²) in [5.41, 5.74) is 8.56. The molecule has 3 heteroatoms. The molecule has 1 aliphatic carbocycles.